The molecule has 1 fully saturated rings. The zero-order valence-electron chi connectivity index (χ0n) is 12.2. The number of aliphatic hydroxyl groups is 1. The highest BCUT2D eigenvalue weighted by Crippen LogP contribution is 2.30. The Balaban J connectivity index is 2.11. The molecule has 2 N–H and O–H groups in total. The van der Waals surface area contributed by atoms with Crippen LogP contribution in [0.4, 0.5) is 0 Å². The molecule has 2 atom stereocenters. The van der Waals surface area contributed by atoms with E-state index in [0.29, 0.717) is 28.4 Å². The van der Waals surface area contributed by atoms with Gasteiger partial charge < -0.3 is 5.11 Å². The molecular weight excluding hydrogens is 354 g/mol. The lowest BCUT2D eigenvalue weighted by Gasteiger charge is -2.28. The maximum Gasteiger partial charge on any atom is 0.241 e. The van der Waals surface area contributed by atoms with Crippen molar-refractivity contribution < 1.29 is 13.5 Å². The average Bonchev–Trinajstić information content (AvgIpc) is 2.47. The molecule has 1 aromatic carbocycles. The minimum Gasteiger partial charge on any atom is -0.392 e. The summed E-state index contributed by atoms with van der Waals surface area (Å²) in [5.41, 5.74) is 0.588. The van der Waals surface area contributed by atoms with Crippen LogP contribution in [0.5, 0.6) is 0 Å². The van der Waals surface area contributed by atoms with E-state index in [1.807, 2.05) is 0 Å². The quantitative estimate of drug-likeness (QED) is 0.830. The molecule has 0 heterocycles. The molecule has 1 aromatic rings. The second kappa shape index (κ2) is 7.22. The molecule has 0 aromatic heterocycles. The van der Waals surface area contributed by atoms with E-state index in [-0.39, 0.29) is 11.5 Å². The van der Waals surface area contributed by atoms with Gasteiger partial charge in [0.05, 0.1) is 11.5 Å². The van der Waals surface area contributed by atoms with Gasteiger partial charge in [0.1, 0.15) is 0 Å². The highest BCUT2D eigenvalue weighted by atomic mass is 79.9. The van der Waals surface area contributed by atoms with E-state index in [2.05, 4.69) is 27.6 Å². The second-order valence-corrected chi connectivity index (χ2v) is 8.39. The van der Waals surface area contributed by atoms with Crippen molar-refractivity contribution in [3.8, 4) is 0 Å². The summed E-state index contributed by atoms with van der Waals surface area (Å²) in [6.07, 6.45) is 4.69. The number of hydrogen-bond acceptors (Lipinski definition) is 3. The molecule has 0 bridgehead atoms. The summed E-state index contributed by atoms with van der Waals surface area (Å²) in [6.45, 7) is 2.51. The summed E-state index contributed by atoms with van der Waals surface area (Å²) in [7, 11) is -3.55. The van der Waals surface area contributed by atoms with Gasteiger partial charge in [0.25, 0.3) is 0 Å². The van der Waals surface area contributed by atoms with Crippen LogP contribution in [-0.4, -0.2) is 20.1 Å². The van der Waals surface area contributed by atoms with Crippen molar-refractivity contribution >= 4 is 26.0 Å². The number of rotatable bonds is 5. The van der Waals surface area contributed by atoms with Crippen molar-refractivity contribution in [3.63, 3.8) is 0 Å². The number of nitrogens with one attached hydrogen (secondary N) is 1. The lowest BCUT2D eigenvalue weighted by molar-refractivity contribution is 0.257. The van der Waals surface area contributed by atoms with Crippen LogP contribution in [0, 0.1) is 11.8 Å². The largest absolute Gasteiger partial charge is 0.392 e. The molecule has 6 heteroatoms. The Hall–Kier alpha value is -0.430. The summed E-state index contributed by atoms with van der Waals surface area (Å²) in [6, 6.07) is 4.87. The molecule has 21 heavy (non-hydrogen) atoms. The molecule has 0 amide bonds. The van der Waals surface area contributed by atoms with Gasteiger partial charge >= 0.3 is 0 Å². The fraction of sp³-hybridized carbons (Fsp3) is 0.600. The van der Waals surface area contributed by atoms with Crippen LogP contribution in [0.3, 0.4) is 0 Å². The molecule has 118 valence electrons. The van der Waals surface area contributed by atoms with Gasteiger partial charge in [-0.1, -0.05) is 32.3 Å². The highest BCUT2D eigenvalue weighted by molar-refractivity contribution is 9.10. The second-order valence-electron chi connectivity index (χ2n) is 5.80. The topological polar surface area (TPSA) is 66.4 Å². The molecule has 0 spiro atoms. The minimum absolute atomic E-state index is 0.171. The van der Waals surface area contributed by atoms with E-state index in [1.54, 1.807) is 12.1 Å². The molecule has 1 saturated carbocycles. The maximum atomic E-state index is 12.4. The number of aliphatic hydroxyl groups excluding tert-OH is 1. The van der Waals surface area contributed by atoms with Crippen molar-refractivity contribution in [2.45, 2.75) is 44.1 Å². The third kappa shape index (κ3) is 4.28. The summed E-state index contributed by atoms with van der Waals surface area (Å²) in [5.74, 6) is 0.974. The molecule has 4 nitrogen and oxygen atoms in total. The van der Waals surface area contributed by atoms with Gasteiger partial charge in [0.15, 0.2) is 0 Å². The molecule has 2 rings (SSSR count). The molecule has 0 aliphatic heterocycles. The lowest BCUT2D eigenvalue weighted by atomic mass is 9.81. The van der Waals surface area contributed by atoms with Gasteiger partial charge in [-0.15, -0.1) is 0 Å². The van der Waals surface area contributed by atoms with E-state index < -0.39 is 10.0 Å². The van der Waals surface area contributed by atoms with Crippen molar-refractivity contribution in [1.29, 1.82) is 0 Å². The van der Waals surface area contributed by atoms with Crippen molar-refractivity contribution in [3.05, 3.63) is 28.2 Å². The first-order valence-electron chi connectivity index (χ1n) is 7.33. The Morgan fingerprint density at radius 3 is 2.71 bits per heavy atom. The maximum absolute atomic E-state index is 12.4. The van der Waals surface area contributed by atoms with Crippen molar-refractivity contribution in [2.75, 3.05) is 6.54 Å². The SMILES string of the molecule is CC1CCCCC1CNS(=O)(=O)c1cc(CO)ccc1Br. The van der Waals surface area contributed by atoms with Gasteiger partial charge in [0, 0.05) is 11.0 Å². The molecule has 2 unspecified atom stereocenters. The van der Waals surface area contributed by atoms with Crippen molar-refractivity contribution in [2.24, 2.45) is 11.8 Å². The summed E-state index contributed by atoms with van der Waals surface area (Å²) in [5, 5.41) is 9.16. The molecular formula is C15H22BrNO3S. The Morgan fingerprint density at radius 1 is 1.33 bits per heavy atom. The van der Waals surface area contributed by atoms with Gasteiger partial charge in [-0.3, -0.25) is 0 Å². The van der Waals surface area contributed by atoms with Crippen LogP contribution < -0.4 is 4.72 Å². The number of hydrogen-bond donors (Lipinski definition) is 2. The monoisotopic (exact) mass is 375 g/mol. The standard InChI is InChI=1S/C15H22BrNO3S/c1-11-4-2-3-5-13(11)9-17-21(19,20)15-8-12(10-18)6-7-14(15)16/h6-8,11,13,17-18H,2-5,9-10H2,1H3. The van der Waals surface area contributed by atoms with Crippen LogP contribution in [0.25, 0.3) is 0 Å². The Labute approximate surface area is 135 Å². The fourth-order valence-electron chi connectivity index (χ4n) is 2.84. The van der Waals surface area contributed by atoms with Gasteiger partial charge in [-0.2, -0.15) is 0 Å². The van der Waals surface area contributed by atoms with Crippen LogP contribution in [0.1, 0.15) is 38.2 Å². The Bertz CT molecular complexity index is 589. The minimum atomic E-state index is -3.55. The van der Waals surface area contributed by atoms with E-state index >= 15 is 0 Å². The normalized spacial score (nSPS) is 23.2. The number of halogens is 1. The zero-order chi connectivity index (χ0) is 15.5. The Kier molecular flexibility index (Phi) is 5.82. The highest BCUT2D eigenvalue weighted by Gasteiger charge is 2.24. The van der Waals surface area contributed by atoms with Crippen LogP contribution in [0.2, 0.25) is 0 Å². The first-order valence-corrected chi connectivity index (χ1v) is 9.60. The predicted molar refractivity (Wildman–Crippen MR) is 86.4 cm³/mol. The molecule has 0 saturated heterocycles. The zero-order valence-corrected chi connectivity index (χ0v) is 14.6. The molecule has 1 aliphatic rings. The molecule has 1 aliphatic carbocycles. The summed E-state index contributed by atoms with van der Waals surface area (Å²) < 4.78 is 28.1. The van der Waals surface area contributed by atoms with Crippen molar-refractivity contribution in [1.82, 2.24) is 4.72 Å². The van der Waals surface area contributed by atoms with Gasteiger partial charge in [-0.25, -0.2) is 13.1 Å². The average molecular weight is 376 g/mol. The van der Waals surface area contributed by atoms with E-state index in [4.69, 9.17) is 5.11 Å². The third-order valence-corrected chi connectivity index (χ3v) is 6.71. The smallest absolute Gasteiger partial charge is 0.241 e. The van der Waals surface area contributed by atoms with E-state index in [1.165, 1.54) is 25.3 Å². The first kappa shape index (κ1) is 16.9. The first-order chi connectivity index (χ1) is 9.94. The van der Waals surface area contributed by atoms with Crippen LogP contribution in [-0.2, 0) is 16.6 Å². The third-order valence-electron chi connectivity index (χ3n) is 4.29. The lowest BCUT2D eigenvalue weighted by Crippen LogP contribution is -2.33. The van der Waals surface area contributed by atoms with Gasteiger partial charge in [0.2, 0.25) is 10.0 Å². The molecule has 0 radical (unpaired) electrons. The number of sulfonamides is 1. The summed E-state index contributed by atoms with van der Waals surface area (Å²) >= 11 is 3.27. The van der Waals surface area contributed by atoms with E-state index in [9.17, 15) is 8.42 Å². The van der Waals surface area contributed by atoms with Gasteiger partial charge in [-0.05, 0) is 51.9 Å². The fourth-order valence-corrected chi connectivity index (χ4v) is 4.95. The Morgan fingerprint density at radius 2 is 2.05 bits per heavy atom. The van der Waals surface area contributed by atoms with Crippen LogP contribution in [0.15, 0.2) is 27.6 Å². The summed E-state index contributed by atoms with van der Waals surface area (Å²) in [4.78, 5) is 0.192. The van der Waals surface area contributed by atoms with E-state index in [0.717, 1.165) is 6.42 Å². The number of benzene rings is 1. The predicted octanol–water partition coefficient (Wildman–Crippen LogP) is 3.05. The van der Waals surface area contributed by atoms with Crippen LogP contribution >= 0.6 is 15.9 Å².